The minimum atomic E-state index is 0. The van der Waals surface area contributed by atoms with Crippen molar-refractivity contribution in [2.75, 3.05) is 0 Å². The second-order valence-electron chi connectivity index (χ2n) is 0. The number of halogens is 3. The summed E-state index contributed by atoms with van der Waals surface area (Å²) < 4.78 is 0. The van der Waals surface area contributed by atoms with E-state index in [4.69, 9.17) is 0 Å². The molecule has 0 N–H and O–H groups in total. The number of hydrogen-bond donors (Lipinski definition) is 0. The Kier molecular flexibility index (Phi) is 179. The molecule has 1 radical (unpaired) electrons. The molecule has 0 saturated carbocycles. The zero-order valence-corrected chi connectivity index (χ0v) is 8.34. The van der Waals surface area contributed by atoms with Gasteiger partial charge in [-0.25, -0.2) is 0 Å². The number of hydrogen-bond acceptors (Lipinski definition) is 0. The first-order chi connectivity index (χ1) is 0. The van der Waals surface area contributed by atoms with Crippen molar-refractivity contribution < 1.29 is 19.5 Å². The van der Waals surface area contributed by atoms with Crippen LogP contribution < -0.4 is 0 Å². The summed E-state index contributed by atoms with van der Waals surface area (Å²) in [5.74, 6) is 0. The molecule has 0 amide bonds. The van der Waals surface area contributed by atoms with Gasteiger partial charge in [-0.2, -0.15) is 0 Å². The Bertz CT molecular complexity index is 3.25. The Hall–Kier alpha value is 2.06. The minimum absolute atomic E-state index is 0. The fourth-order valence-corrected chi connectivity index (χ4v) is 0. The molecule has 33 valence electrons. The molecule has 4 heavy (non-hydrogen) atoms. The van der Waals surface area contributed by atoms with Gasteiger partial charge in [0.2, 0.25) is 0 Å². The molecule has 0 aliphatic rings. The van der Waals surface area contributed by atoms with Crippen LogP contribution in [0.3, 0.4) is 0 Å². The Morgan fingerprint density at radius 3 is 0.500 bits per heavy atom. The normalized spacial score (nSPS) is 0. The van der Waals surface area contributed by atoms with Gasteiger partial charge in [0.05, 0.1) is 0 Å². The maximum Gasteiger partial charge on any atom is 0 e. The third-order valence-corrected chi connectivity index (χ3v) is 0. The van der Waals surface area contributed by atoms with E-state index >= 15 is 0 Å². The van der Waals surface area contributed by atoms with E-state index in [0.717, 1.165) is 0 Å². The summed E-state index contributed by atoms with van der Waals surface area (Å²) >= 11 is 0. The van der Waals surface area contributed by atoms with Crippen molar-refractivity contribution in [2.45, 2.75) is 0 Å². The molecule has 0 aromatic rings. The van der Waals surface area contributed by atoms with Crippen LogP contribution in [0.4, 0.5) is 0 Å². The first-order valence-corrected chi connectivity index (χ1v) is 0. The van der Waals surface area contributed by atoms with Gasteiger partial charge in [0.15, 0.2) is 0 Å². The van der Waals surface area contributed by atoms with Crippen LogP contribution in [0.1, 0.15) is 0 Å². The van der Waals surface area contributed by atoms with Crippen molar-refractivity contribution >= 4 is 50.9 Å². The summed E-state index contributed by atoms with van der Waals surface area (Å²) in [6.07, 6.45) is 0. The van der Waals surface area contributed by atoms with Crippen molar-refractivity contribution in [3.63, 3.8) is 0 Å². The molecule has 0 aromatic carbocycles. The van der Waals surface area contributed by atoms with E-state index in [0.29, 0.717) is 0 Å². The Morgan fingerprint density at radius 2 is 0.500 bits per heavy atom. The summed E-state index contributed by atoms with van der Waals surface area (Å²) in [5, 5.41) is 0. The molecule has 0 bridgehead atoms. The molecule has 0 aliphatic heterocycles. The summed E-state index contributed by atoms with van der Waals surface area (Å²) in [5.41, 5.74) is 0. The van der Waals surface area contributed by atoms with Gasteiger partial charge in [0.25, 0.3) is 0 Å². The van der Waals surface area contributed by atoms with E-state index in [9.17, 15) is 0 Å². The van der Waals surface area contributed by atoms with Crippen LogP contribution in [-0.2, 0) is 19.5 Å². The van der Waals surface area contributed by atoms with Gasteiger partial charge in [-0.1, -0.05) is 0 Å². The first-order valence-electron chi connectivity index (χ1n) is 0. The summed E-state index contributed by atoms with van der Waals surface area (Å²) in [4.78, 5) is 0. The SMILES string of the molecule is Br.Br.Br.[Rh]. The molecular weight excluding hydrogens is 343 g/mol. The Labute approximate surface area is 69.8 Å². The molecular formula is H3Br3Rh. The zero-order chi connectivity index (χ0) is 0. The third kappa shape index (κ3) is 8.96. The van der Waals surface area contributed by atoms with Gasteiger partial charge in [-0.15, -0.1) is 50.9 Å². The second kappa shape index (κ2) is 19.6. The summed E-state index contributed by atoms with van der Waals surface area (Å²) in [6.45, 7) is 0. The largest absolute Gasteiger partial charge is 0.114 e. The molecule has 0 unspecified atom stereocenters. The van der Waals surface area contributed by atoms with Gasteiger partial charge in [-0.05, 0) is 0 Å². The number of rotatable bonds is 0. The average molecular weight is 346 g/mol. The smallest absolute Gasteiger partial charge is 0 e. The van der Waals surface area contributed by atoms with E-state index < -0.39 is 0 Å². The monoisotopic (exact) mass is 343 g/mol. The van der Waals surface area contributed by atoms with E-state index in [1.54, 1.807) is 0 Å². The molecule has 0 atom stereocenters. The molecule has 0 rings (SSSR count). The molecule has 0 spiro atoms. The molecule has 0 heterocycles. The third-order valence-electron chi connectivity index (χ3n) is 0. The molecule has 0 aromatic heterocycles. The van der Waals surface area contributed by atoms with E-state index in [1.165, 1.54) is 0 Å². The predicted octanol–water partition coefficient (Wildman–Crippen LogP) is 1.73. The summed E-state index contributed by atoms with van der Waals surface area (Å²) in [7, 11) is 0. The van der Waals surface area contributed by atoms with Crippen LogP contribution in [0.5, 0.6) is 0 Å². The summed E-state index contributed by atoms with van der Waals surface area (Å²) in [6, 6.07) is 0. The van der Waals surface area contributed by atoms with Crippen LogP contribution in [0.25, 0.3) is 0 Å². The fraction of sp³-hybridized carbons (Fsp3) is 0. The quantitative estimate of drug-likeness (QED) is 0.587. The van der Waals surface area contributed by atoms with Crippen LogP contribution in [0.2, 0.25) is 0 Å². The Morgan fingerprint density at radius 1 is 0.500 bits per heavy atom. The average Bonchev–Trinajstić information content (AvgIpc) is 0. The van der Waals surface area contributed by atoms with Crippen molar-refractivity contribution in [3.05, 3.63) is 0 Å². The van der Waals surface area contributed by atoms with E-state index in [1.807, 2.05) is 0 Å². The van der Waals surface area contributed by atoms with Crippen molar-refractivity contribution in [1.82, 2.24) is 0 Å². The standard InChI is InChI=1S/3BrH.Rh/h3*1H;. The minimum Gasteiger partial charge on any atom is -0.114 e. The van der Waals surface area contributed by atoms with Crippen LogP contribution >= 0.6 is 50.9 Å². The molecule has 4 heteroatoms. The van der Waals surface area contributed by atoms with Crippen molar-refractivity contribution in [3.8, 4) is 0 Å². The van der Waals surface area contributed by atoms with E-state index in [-0.39, 0.29) is 70.4 Å². The van der Waals surface area contributed by atoms with Gasteiger partial charge in [-0.3, -0.25) is 0 Å². The first kappa shape index (κ1) is 36.5. The Balaban J connectivity index is 0. The second-order valence-corrected chi connectivity index (χ2v) is 0. The van der Waals surface area contributed by atoms with Gasteiger partial charge < -0.3 is 0 Å². The van der Waals surface area contributed by atoms with Gasteiger partial charge in [0.1, 0.15) is 0 Å². The maximum absolute atomic E-state index is 0. The van der Waals surface area contributed by atoms with Crippen LogP contribution in [0, 0.1) is 0 Å². The molecule has 0 aliphatic carbocycles. The van der Waals surface area contributed by atoms with Crippen molar-refractivity contribution in [2.24, 2.45) is 0 Å². The predicted molar refractivity (Wildman–Crippen MR) is 31.0 cm³/mol. The molecule has 0 saturated heterocycles. The fourth-order valence-electron chi connectivity index (χ4n) is 0. The van der Waals surface area contributed by atoms with E-state index in [2.05, 4.69) is 0 Å². The zero-order valence-electron chi connectivity index (χ0n) is 1.56. The van der Waals surface area contributed by atoms with Crippen LogP contribution in [0.15, 0.2) is 0 Å². The van der Waals surface area contributed by atoms with Crippen molar-refractivity contribution in [1.29, 1.82) is 0 Å². The topological polar surface area (TPSA) is 0 Å². The maximum atomic E-state index is 0. The molecule has 0 nitrogen and oxygen atoms in total. The van der Waals surface area contributed by atoms with Crippen LogP contribution in [-0.4, -0.2) is 0 Å². The van der Waals surface area contributed by atoms with Gasteiger partial charge in [0, 0.05) is 19.5 Å². The van der Waals surface area contributed by atoms with Gasteiger partial charge >= 0.3 is 0 Å². The molecule has 0 fully saturated rings.